The Bertz CT molecular complexity index is 1050. The summed E-state index contributed by atoms with van der Waals surface area (Å²) in [4.78, 5) is 44.4. The zero-order valence-electron chi connectivity index (χ0n) is 18.4. The maximum Gasteiger partial charge on any atom is 0.250 e. The van der Waals surface area contributed by atoms with Gasteiger partial charge in [0.15, 0.2) is 0 Å². The zero-order valence-corrected chi connectivity index (χ0v) is 18.4. The van der Waals surface area contributed by atoms with E-state index >= 15 is 0 Å². The summed E-state index contributed by atoms with van der Waals surface area (Å²) in [6.07, 6.45) is 3.00. The number of rotatable bonds is 5. The molecule has 0 radical (unpaired) electrons. The normalized spacial score (nSPS) is 19.8. The summed E-state index contributed by atoms with van der Waals surface area (Å²) < 4.78 is 13.1. The Kier molecular flexibility index (Phi) is 5.52. The van der Waals surface area contributed by atoms with Gasteiger partial charge in [0.05, 0.1) is 6.67 Å². The lowest BCUT2D eigenvalue weighted by molar-refractivity contribution is -0.140. The van der Waals surface area contributed by atoms with E-state index in [4.69, 9.17) is 0 Å². The lowest BCUT2D eigenvalue weighted by Gasteiger charge is -2.43. The van der Waals surface area contributed by atoms with Crippen molar-refractivity contribution in [1.29, 1.82) is 0 Å². The molecular formula is C25H27FN4O3. The Morgan fingerprint density at radius 1 is 1.00 bits per heavy atom. The third-order valence-electron chi connectivity index (χ3n) is 6.87. The van der Waals surface area contributed by atoms with Crippen molar-refractivity contribution >= 4 is 29.1 Å². The summed E-state index contributed by atoms with van der Waals surface area (Å²) in [5.41, 5.74) is 0.640. The number of nitrogens with one attached hydrogen (secondary N) is 1. The molecule has 0 aromatic heterocycles. The van der Waals surface area contributed by atoms with Gasteiger partial charge < -0.3 is 20.0 Å². The van der Waals surface area contributed by atoms with Crippen LogP contribution in [-0.2, 0) is 14.4 Å². The molecule has 8 heteroatoms. The number of para-hydroxylation sites is 1. The van der Waals surface area contributed by atoms with Crippen LogP contribution in [0.2, 0.25) is 0 Å². The Labute approximate surface area is 192 Å². The number of piperidine rings is 1. The molecule has 0 unspecified atom stereocenters. The van der Waals surface area contributed by atoms with E-state index in [0.29, 0.717) is 38.3 Å². The van der Waals surface area contributed by atoms with E-state index in [1.54, 1.807) is 4.90 Å². The van der Waals surface area contributed by atoms with Crippen LogP contribution in [0, 0.1) is 11.7 Å². The van der Waals surface area contributed by atoms with Gasteiger partial charge in [-0.25, -0.2) is 4.39 Å². The van der Waals surface area contributed by atoms with E-state index in [9.17, 15) is 18.8 Å². The van der Waals surface area contributed by atoms with Crippen LogP contribution in [-0.4, -0.2) is 59.4 Å². The van der Waals surface area contributed by atoms with Crippen LogP contribution >= 0.6 is 0 Å². The standard InChI is InChI=1S/C25H27FN4O3/c26-19-8-10-20(11-9-19)27-22(31)16-29-17-30(21-4-2-1-3-5-21)25(24(29)33)12-14-28(15-13-25)23(32)18-6-7-18/h1-5,8-11,18H,6-7,12-17H2,(H,27,31). The zero-order chi connectivity index (χ0) is 23.0. The van der Waals surface area contributed by atoms with E-state index in [1.807, 2.05) is 35.2 Å². The number of nitrogens with zero attached hydrogens (tertiary/aromatic N) is 3. The molecule has 33 heavy (non-hydrogen) atoms. The van der Waals surface area contributed by atoms with Crippen molar-refractivity contribution < 1.29 is 18.8 Å². The summed E-state index contributed by atoms with van der Waals surface area (Å²) >= 11 is 0. The maximum absolute atomic E-state index is 13.7. The highest BCUT2D eigenvalue weighted by Crippen LogP contribution is 2.40. The van der Waals surface area contributed by atoms with Gasteiger partial charge in [0.1, 0.15) is 17.9 Å². The number of carbonyl (C=O) groups excluding carboxylic acids is 3. The molecule has 2 aromatic carbocycles. The summed E-state index contributed by atoms with van der Waals surface area (Å²) in [6.45, 7) is 1.29. The SMILES string of the molecule is O=C(CN1CN(c2ccccc2)C2(CCN(C(=O)C3CC3)CC2)C1=O)Nc1ccc(F)cc1. The fraction of sp³-hybridized carbons (Fsp3) is 0.400. The number of likely N-dealkylation sites (tertiary alicyclic amines) is 1. The van der Waals surface area contributed by atoms with Crippen LogP contribution in [0.15, 0.2) is 54.6 Å². The second kappa shape index (κ2) is 8.50. The molecule has 5 rings (SSSR count). The first-order chi connectivity index (χ1) is 16.0. The van der Waals surface area contributed by atoms with Gasteiger partial charge in [-0.3, -0.25) is 14.4 Å². The fourth-order valence-electron chi connectivity index (χ4n) is 4.91. The number of anilines is 2. The number of benzene rings is 2. The molecule has 7 nitrogen and oxygen atoms in total. The van der Waals surface area contributed by atoms with E-state index in [2.05, 4.69) is 10.2 Å². The number of hydrogen-bond acceptors (Lipinski definition) is 4. The first-order valence-electron chi connectivity index (χ1n) is 11.4. The van der Waals surface area contributed by atoms with Gasteiger partial charge in [0.2, 0.25) is 11.8 Å². The molecule has 3 aliphatic rings. The van der Waals surface area contributed by atoms with Crippen molar-refractivity contribution in [2.24, 2.45) is 5.92 Å². The van der Waals surface area contributed by atoms with Crippen LogP contribution in [0.5, 0.6) is 0 Å². The quantitative estimate of drug-likeness (QED) is 0.761. The van der Waals surface area contributed by atoms with Crippen LogP contribution in [0.4, 0.5) is 15.8 Å². The average Bonchev–Trinajstić information content (AvgIpc) is 3.65. The van der Waals surface area contributed by atoms with Gasteiger partial charge in [0.25, 0.3) is 5.91 Å². The third-order valence-corrected chi connectivity index (χ3v) is 6.87. The fourth-order valence-corrected chi connectivity index (χ4v) is 4.91. The minimum absolute atomic E-state index is 0.0841. The minimum Gasteiger partial charge on any atom is -0.342 e. The highest BCUT2D eigenvalue weighted by atomic mass is 19.1. The first kappa shape index (κ1) is 21.4. The van der Waals surface area contributed by atoms with Crippen molar-refractivity contribution in [2.45, 2.75) is 31.2 Å². The topological polar surface area (TPSA) is 73.0 Å². The predicted molar refractivity (Wildman–Crippen MR) is 122 cm³/mol. The number of amides is 3. The van der Waals surface area contributed by atoms with Crippen molar-refractivity contribution in [1.82, 2.24) is 9.80 Å². The monoisotopic (exact) mass is 450 g/mol. The molecule has 2 aliphatic heterocycles. The van der Waals surface area contributed by atoms with E-state index in [-0.39, 0.29) is 36.0 Å². The molecule has 2 saturated heterocycles. The molecule has 172 valence electrons. The average molecular weight is 451 g/mol. The van der Waals surface area contributed by atoms with E-state index in [1.165, 1.54) is 24.3 Å². The Morgan fingerprint density at radius 3 is 2.30 bits per heavy atom. The molecule has 1 saturated carbocycles. The summed E-state index contributed by atoms with van der Waals surface area (Å²) in [5, 5.41) is 2.73. The van der Waals surface area contributed by atoms with Crippen molar-refractivity contribution in [2.75, 3.05) is 36.5 Å². The first-order valence-corrected chi connectivity index (χ1v) is 11.4. The van der Waals surface area contributed by atoms with Crippen molar-refractivity contribution in [3.8, 4) is 0 Å². The minimum atomic E-state index is -0.766. The van der Waals surface area contributed by atoms with Crippen LogP contribution < -0.4 is 10.2 Å². The van der Waals surface area contributed by atoms with Gasteiger partial charge in [-0.1, -0.05) is 18.2 Å². The van der Waals surface area contributed by atoms with Crippen molar-refractivity contribution in [3.05, 3.63) is 60.4 Å². The number of hydrogen-bond donors (Lipinski definition) is 1. The summed E-state index contributed by atoms with van der Waals surface area (Å²) in [5.74, 6) is -0.428. The lowest BCUT2D eigenvalue weighted by atomic mass is 9.85. The third kappa shape index (κ3) is 4.17. The predicted octanol–water partition coefficient (Wildman–Crippen LogP) is 2.84. The van der Waals surface area contributed by atoms with Gasteiger partial charge in [-0.2, -0.15) is 0 Å². The molecule has 2 heterocycles. The summed E-state index contributed by atoms with van der Waals surface area (Å²) in [7, 11) is 0. The Balaban J connectivity index is 1.33. The lowest BCUT2D eigenvalue weighted by Crippen LogP contribution is -2.57. The van der Waals surface area contributed by atoms with Gasteiger partial charge in [-0.05, 0) is 62.1 Å². The van der Waals surface area contributed by atoms with Crippen LogP contribution in [0.3, 0.4) is 0 Å². The Morgan fingerprint density at radius 2 is 1.67 bits per heavy atom. The Hall–Kier alpha value is -3.42. The summed E-state index contributed by atoms with van der Waals surface area (Å²) in [6, 6.07) is 15.3. The highest BCUT2D eigenvalue weighted by Gasteiger charge is 2.54. The van der Waals surface area contributed by atoms with Crippen molar-refractivity contribution in [3.63, 3.8) is 0 Å². The number of halogens is 1. The molecule has 3 fully saturated rings. The molecule has 2 aromatic rings. The smallest absolute Gasteiger partial charge is 0.250 e. The van der Waals surface area contributed by atoms with Crippen LogP contribution in [0.25, 0.3) is 0 Å². The number of carbonyl (C=O) groups is 3. The maximum atomic E-state index is 13.7. The molecule has 1 N–H and O–H groups in total. The second-order valence-electron chi connectivity index (χ2n) is 9.09. The van der Waals surface area contributed by atoms with Gasteiger partial charge >= 0.3 is 0 Å². The molecular weight excluding hydrogens is 423 g/mol. The molecule has 3 amide bonds. The van der Waals surface area contributed by atoms with E-state index < -0.39 is 5.54 Å². The van der Waals surface area contributed by atoms with E-state index in [0.717, 1.165) is 18.5 Å². The van der Waals surface area contributed by atoms with Gasteiger partial charge in [-0.15, -0.1) is 0 Å². The van der Waals surface area contributed by atoms with Gasteiger partial charge in [0, 0.05) is 30.4 Å². The second-order valence-corrected chi connectivity index (χ2v) is 9.09. The largest absolute Gasteiger partial charge is 0.342 e. The molecule has 1 aliphatic carbocycles. The molecule has 0 bridgehead atoms. The molecule has 0 atom stereocenters. The van der Waals surface area contributed by atoms with Crippen LogP contribution in [0.1, 0.15) is 25.7 Å². The highest BCUT2D eigenvalue weighted by molar-refractivity contribution is 5.99. The molecule has 1 spiro atoms.